The summed E-state index contributed by atoms with van der Waals surface area (Å²) in [5.74, 6) is -0.0412. The van der Waals surface area contributed by atoms with Gasteiger partial charge in [-0.2, -0.15) is 13.2 Å². The van der Waals surface area contributed by atoms with Crippen LogP contribution in [0, 0.1) is 0 Å². The summed E-state index contributed by atoms with van der Waals surface area (Å²) in [5.41, 5.74) is -1.50. The van der Waals surface area contributed by atoms with Crippen molar-refractivity contribution >= 4 is 5.82 Å². The number of piperidine rings is 1. The molecule has 1 aromatic rings. The van der Waals surface area contributed by atoms with Gasteiger partial charge in [-0.3, -0.25) is 0 Å². The fourth-order valence-corrected chi connectivity index (χ4v) is 2.07. The quantitative estimate of drug-likeness (QED) is 0.860. The molecule has 1 fully saturated rings. The van der Waals surface area contributed by atoms with Crippen LogP contribution in [0.1, 0.15) is 39.2 Å². The normalized spacial score (nSPS) is 18.2. The molecule has 0 bridgehead atoms. The molecule has 114 valence electrons. The zero-order valence-corrected chi connectivity index (χ0v) is 12.0. The van der Waals surface area contributed by atoms with Crippen molar-refractivity contribution in [2.75, 3.05) is 18.0 Å². The topological polar surface area (TPSA) is 36.4 Å². The second-order valence-electron chi connectivity index (χ2n) is 4.86. The van der Waals surface area contributed by atoms with Gasteiger partial charge in [0.25, 0.3) is 0 Å². The number of alkyl halides is 3. The second-order valence-corrected chi connectivity index (χ2v) is 4.86. The van der Waals surface area contributed by atoms with Crippen molar-refractivity contribution in [3.05, 3.63) is 23.9 Å². The Morgan fingerprint density at radius 2 is 1.80 bits per heavy atom. The number of aromatic nitrogens is 1. The van der Waals surface area contributed by atoms with E-state index in [1.165, 1.54) is 12.3 Å². The SMILES string of the molecule is CC.CC1(O)CCN(c2ncccc2C(F)(F)F)CC1. The lowest BCUT2D eigenvalue weighted by atomic mass is 9.93. The van der Waals surface area contributed by atoms with Crippen LogP contribution in [0.5, 0.6) is 0 Å². The van der Waals surface area contributed by atoms with Crippen LogP contribution in [0.25, 0.3) is 0 Å². The van der Waals surface area contributed by atoms with E-state index in [1.54, 1.807) is 11.8 Å². The van der Waals surface area contributed by atoms with Crippen LogP contribution in [-0.4, -0.2) is 28.8 Å². The molecule has 2 heterocycles. The highest BCUT2D eigenvalue weighted by atomic mass is 19.4. The van der Waals surface area contributed by atoms with E-state index < -0.39 is 17.3 Å². The van der Waals surface area contributed by atoms with Crippen molar-refractivity contribution in [2.24, 2.45) is 0 Å². The Morgan fingerprint density at radius 1 is 1.25 bits per heavy atom. The largest absolute Gasteiger partial charge is 0.419 e. The van der Waals surface area contributed by atoms with Crippen LogP contribution in [0.15, 0.2) is 18.3 Å². The minimum absolute atomic E-state index is 0.0412. The molecule has 1 aliphatic rings. The van der Waals surface area contributed by atoms with E-state index >= 15 is 0 Å². The van der Waals surface area contributed by atoms with Crippen molar-refractivity contribution in [2.45, 2.75) is 45.4 Å². The van der Waals surface area contributed by atoms with Gasteiger partial charge in [0, 0.05) is 19.3 Å². The lowest BCUT2D eigenvalue weighted by Gasteiger charge is -2.37. The summed E-state index contributed by atoms with van der Waals surface area (Å²) in [4.78, 5) is 5.42. The molecule has 0 aromatic carbocycles. The van der Waals surface area contributed by atoms with Gasteiger partial charge in [0.05, 0.1) is 11.2 Å². The maximum absolute atomic E-state index is 12.8. The molecule has 1 aromatic heterocycles. The highest BCUT2D eigenvalue weighted by Gasteiger charge is 2.37. The summed E-state index contributed by atoms with van der Waals surface area (Å²) < 4.78 is 38.5. The highest BCUT2D eigenvalue weighted by Crippen LogP contribution is 2.36. The zero-order chi connectivity index (χ0) is 15.4. The Kier molecular flexibility index (Phi) is 5.39. The van der Waals surface area contributed by atoms with E-state index in [2.05, 4.69) is 4.98 Å². The van der Waals surface area contributed by atoms with E-state index in [9.17, 15) is 18.3 Å². The third kappa shape index (κ3) is 4.10. The standard InChI is InChI=1S/C12H15F3N2O.C2H6/c1-11(18)4-7-17(8-5-11)10-9(12(13,14)15)3-2-6-16-10;1-2/h2-3,6,18H,4-5,7-8H2,1H3;1-2H3. The number of halogens is 3. The molecule has 1 saturated heterocycles. The van der Waals surface area contributed by atoms with Crippen LogP contribution in [-0.2, 0) is 6.18 Å². The summed E-state index contributed by atoms with van der Waals surface area (Å²) in [6.45, 7) is 6.47. The molecule has 0 spiro atoms. The average Bonchev–Trinajstić information content (AvgIpc) is 2.40. The molecule has 0 atom stereocenters. The number of aliphatic hydroxyl groups is 1. The smallest absolute Gasteiger partial charge is 0.390 e. The lowest BCUT2D eigenvalue weighted by molar-refractivity contribution is -0.137. The van der Waals surface area contributed by atoms with Gasteiger partial charge in [-0.25, -0.2) is 4.98 Å². The lowest BCUT2D eigenvalue weighted by Crippen LogP contribution is -2.43. The summed E-state index contributed by atoms with van der Waals surface area (Å²) in [7, 11) is 0. The van der Waals surface area contributed by atoms with E-state index in [-0.39, 0.29) is 5.82 Å². The number of pyridine rings is 1. The van der Waals surface area contributed by atoms with Gasteiger partial charge in [-0.15, -0.1) is 0 Å². The second kappa shape index (κ2) is 6.43. The van der Waals surface area contributed by atoms with E-state index in [1.807, 2.05) is 13.8 Å². The third-order valence-corrected chi connectivity index (χ3v) is 3.23. The Labute approximate surface area is 117 Å². The first-order valence-corrected chi connectivity index (χ1v) is 6.79. The molecular weight excluding hydrogens is 269 g/mol. The van der Waals surface area contributed by atoms with Gasteiger partial charge < -0.3 is 10.0 Å². The Balaban J connectivity index is 0.000000956. The maximum Gasteiger partial charge on any atom is 0.419 e. The summed E-state index contributed by atoms with van der Waals surface area (Å²) in [6, 6.07) is 2.32. The monoisotopic (exact) mass is 290 g/mol. The van der Waals surface area contributed by atoms with Gasteiger partial charge in [-0.05, 0) is 31.9 Å². The Morgan fingerprint density at radius 3 is 2.30 bits per heavy atom. The molecule has 3 nitrogen and oxygen atoms in total. The van der Waals surface area contributed by atoms with Crippen molar-refractivity contribution < 1.29 is 18.3 Å². The summed E-state index contributed by atoms with van der Waals surface area (Å²) >= 11 is 0. The zero-order valence-electron chi connectivity index (χ0n) is 12.0. The van der Waals surface area contributed by atoms with E-state index in [4.69, 9.17) is 0 Å². The van der Waals surface area contributed by atoms with Crippen molar-refractivity contribution in [3.8, 4) is 0 Å². The van der Waals surface area contributed by atoms with Crippen molar-refractivity contribution in [3.63, 3.8) is 0 Å². The van der Waals surface area contributed by atoms with Gasteiger partial charge >= 0.3 is 6.18 Å². The number of hydrogen-bond acceptors (Lipinski definition) is 3. The molecule has 2 rings (SSSR count). The predicted molar refractivity (Wildman–Crippen MR) is 72.7 cm³/mol. The first-order valence-electron chi connectivity index (χ1n) is 6.79. The molecule has 0 radical (unpaired) electrons. The van der Waals surface area contributed by atoms with Crippen LogP contribution in [0.2, 0.25) is 0 Å². The van der Waals surface area contributed by atoms with E-state index in [0.29, 0.717) is 25.9 Å². The molecule has 0 aliphatic carbocycles. The molecule has 0 saturated carbocycles. The Hall–Kier alpha value is -1.30. The van der Waals surface area contributed by atoms with Crippen molar-refractivity contribution in [1.82, 2.24) is 4.98 Å². The van der Waals surface area contributed by atoms with Gasteiger partial charge in [0.1, 0.15) is 5.82 Å². The fraction of sp³-hybridized carbons (Fsp3) is 0.643. The minimum atomic E-state index is -4.40. The summed E-state index contributed by atoms with van der Waals surface area (Å²) in [5, 5.41) is 9.80. The van der Waals surface area contributed by atoms with Gasteiger partial charge in [0.15, 0.2) is 0 Å². The predicted octanol–water partition coefficient (Wildman–Crippen LogP) is 3.48. The van der Waals surface area contributed by atoms with E-state index in [0.717, 1.165) is 6.07 Å². The number of hydrogen-bond donors (Lipinski definition) is 1. The number of rotatable bonds is 1. The van der Waals surface area contributed by atoms with Crippen LogP contribution in [0.3, 0.4) is 0 Å². The average molecular weight is 290 g/mol. The summed E-state index contributed by atoms with van der Waals surface area (Å²) in [6.07, 6.45) is -2.15. The molecule has 6 heteroatoms. The van der Waals surface area contributed by atoms with Gasteiger partial charge in [-0.1, -0.05) is 13.8 Å². The highest BCUT2D eigenvalue weighted by molar-refractivity contribution is 5.48. The number of anilines is 1. The third-order valence-electron chi connectivity index (χ3n) is 3.23. The first-order chi connectivity index (χ1) is 9.30. The van der Waals surface area contributed by atoms with Crippen LogP contribution >= 0.6 is 0 Å². The molecule has 1 aliphatic heterocycles. The van der Waals surface area contributed by atoms with Crippen LogP contribution < -0.4 is 4.90 Å². The van der Waals surface area contributed by atoms with Crippen molar-refractivity contribution in [1.29, 1.82) is 0 Å². The minimum Gasteiger partial charge on any atom is -0.390 e. The molecule has 0 amide bonds. The van der Waals surface area contributed by atoms with Gasteiger partial charge in [0.2, 0.25) is 0 Å². The number of nitrogens with zero attached hydrogens (tertiary/aromatic N) is 2. The molecule has 0 unspecified atom stereocenters. The fourth-order valence-electron chi connectivity index (χ4n) is 2.07. The molecule has 1 N–H and O–H groups in total. The maximum atomic E-state index is 12.8. The molecular formula is C14H21F3N2O. The molecule has 20 heavy (non-hydrogen) atoms. The first kappa shape index (κ1) is 16.8. The van der Waals surface area contributed by atoms with Crippen LogP contribution in [0.4, 0.5) is 19.0 Å². The Bertz CT molecular complexity index is 423.